The van der Waals surface area contributed by atoms with Gasteiger partial charge in [-0.15, -0.1) is 0 Å². The number of amides is 1. The molecule has 1 aliphatic carbocycles. The standard InChI is InChI=1S/C24H29FN2O2/c1-16(26-17(2)28)20-7-5-18(6-8-20)12-27-13-21-9-10-22(29-15-19-3-4-19)11-23(21)24(25)14-27/h5-11,16,19,24H,3-4,12-15H2,1-2H3,(H,26,28)/t16-,24+/m0/s1. The summed E-state index contributed by atoms with van der Waals surface area (Å²) in [6.45, 7) is 6.07. The fourth-order valence-corrected chi connectivity index (χ4v) is 3.91. The Morgan fingerprint density at radius 1 is 1.24 bits per heavy atom. The lowest BCUT2D eigenvalue weighted by Gasteiger charge is -2.31. The number of fused-ring (bicyclic) bond motifs is 1. The molecule has 1 heterocycles. The quantitative estimate of drug-likeness (QED) is 0.738. The van der Waals surface area contributed by atoms with Gasteiger partial charge in [0.2, 0.25) is 5.91 Å². The predicted octanol–water partition coefficient (Wildman–Crippen LogP) is 4.70. The van der Waals surface area contributed by atoms with Crippen LogP contribution in [-0.4, -0.2) is 24.0 Å². The summed E-state index contributed by atoms with van der Waals surface area (Å²) in [6, 6.07) is 14.0. The van der Waals surface area contributed by atoms with Crippen LogP contribution in [0.3, 0.4) is 0 Å². The van der Waals surface area contributed by atoms with Gasteiger partial charge in [-0.1, -0.05) is 30.3 Å². The van der Waals surface area contributed by atoms with Gasteiger partial charge in [0.1, 0.15) is 11.9 Å². The third-order valence-electron chi connectivity index (χ3n) is 5.76. The van der Waals surface area contributed by atoms with Crippen LogP contribution in [0.25, 0.3) is 0 Å². The van der Waals surface area contributed by atoms with Crippen molar-refractivity contribution in [3.8, 4) is 5.75 Å². The van der Waals surface area contributed by atoms with Crippen LogP contribution < -0.4 is 10.1 Å². The van der Waals surface area contributed by atoms with Crippen LogP contribution in [0.15, 0.2) is 42.5 Å². The van der Waals surface area contributed by atoms with Crippen molar-refractivity contribution in [3.63, 3.8) is 0 Å². The number of benzene rings is 2. The molecule has 5 heteroatoms. The molecular formula is C24H29FN2O2. The van der Waals surface area contributed by atoms with Gasteiger partial charge in [-0.05, 0) is 60.1 Å². The van der Waals surface area contributed by atoms with Crippen molar-refractivity contribution >= 4 is 5.91 Å². The third-order valence-corrected chi connectivity index (χ3v) is 5.76. The second-order valence-corrected chi connectivity index (χ2v) is 8.42. The van der Waals surface area contributed by atoms with Crippen molar-refractivity contribution in [2.45, 2.75) is 52.0 Å². The monoisotopic (exact) mass is 396 g/mol. The molecule has 1 aliphatic heterocycles. The van der Waals surface area contributed by atoms with E-state index in [1.54, 1.807) is 0 Å². The average Bonchev–Trinajstić information content (AvgIpc) is 3.51. The van der Waals surface area contributed by atoms with Crippen molar-refractivity contribution in [2.75, 3.05) is 13.2 Å². The number of nitrogens with zero attached hydrogens (tertiary/aromatic N) is 1. The molecule has 2 atom stereocenters. The maximum atomic E-state index is 14.9. The Labute approximate surface area is 172 Å². The number of nitrogens with one attached hydrogen (secondary N) is 1. The smallest absolute Gasteiger partial charge is 0.217 e. The van der Waals surface area contributed by atoms with Crippen molar-refractivity contribution in [1.29, 1.82) is 0 Å². The maximum Gasteiger partial charge on any atom is 0.217 e. The number of carbonyl (C=O) groups is 1. The highest BCUT2D eigenvalue weighted by Gasteiger charge is 2.26. The summed E-state index contributed by atoms with van der Waals surface area (Å²) in [5.74, 6) is 1.44. The summed E-state index contributed by atoms with van der Waals surface area (Å²) >= 11 is 0. The van der Waals surface area contributed by atoms with Gasteiger partial charge in [-0.2, -0.15) is 0 Å². The number of alkyl halides is 1. The lowest BCUT2D eigenvalue weighted by molar-refractivity contribution is -0.119. The van der Waals surface area contributed by atoms with E-state index in [0.717, 1.165) is 41.2 Å². The Morgan fingerprint density at radius 2 is 2.00 bits per heavy atom. The molecule has 0 saturated heterocycles. The minimum atomic E-state index is -0.998. The van der Waals surface area contributed by atoms with E-state index in [2.05, 4.69) is 22.3 Å². The number of carbonyl (C=O) groups excluding carboxylic acids is 1. The molecule has 4 nitrogen and oxygen atoms in total. The Kier molecular flexibility index (Phi) is 5.86. The lowest BCUT2D eigenvalue weighted by atomic mass is 9.97. The zero-order valence-corrected chi connectivity index (χ0v) is 17.2. The van der Waals surface area contributed by atoms with Crippen LogP contribution >= 0.6 is 0 Å². The van der Waals surface area contributed by atoms with Gasteiger partial charge in [0.05, 0.1) is 12.6 Å². The molecule has 2 aromatic rings. The highest BCUT2D eigenvalue weighted by atomic mass is 19.1. The van der Waals surface area contributed by atoms with Crippen molar-refractivity contribution in [1.82, 2.24) is 10.2 Å². The molecule has 2 aliphatic rings. The second-order valence-electron chi connectivity index (χ2n) is 8.42. The number of hydrogen-bond acceptors (Lipinski definition) is 3. The van der Waals surface area contributed by atoms with Gasteiger partial charge in [0, 0.05) is 26.6 Å². The topological polar surface area (TPSA) is 41.6 Å². The fraction of sp³-hybridized carbons (Fsp3) is 0.458. The molecule has 1 saturated carbocycles. The molecular weight excluding hydrogens is 367 g/mol. The Hall–Kier alpha value is -2.40. The zero-order valence-electron chi connectivity index (χ0n) is 17.2. The number of hydrogen-bond donors (Lipinski definition) is 1. The summed E-state index contributed by atoms with van der Waals surface area (Å²) in [5.41, 5.74) is 4.02. The summed E-state index contributed by atoms with van der Waals surface area (Å²) in [5, 5.41) is 2.89. The first-order chi connectivity index (χ1) is 14.0. The van der Waals surface area contributed by atoms with E-state index >= 15 is 0 Å². The second kappa shape index (κ2) is 8.54. The van der Waals surface area contributed by atoms with Crippen LogP contribution in [-0.2, 0) is 17.9 Å². The molecule has 1 fully saturated rings. The van der Waals surface area contributed by atoms with E-state index in [-0.39, 0.29) is 11.9 Å². The van der Waals surface area contributed by atoms with Gasteiger partial charge in [-0.3, -0.25) is 9.69 Å². The van der Waals surface area contributed by atoms with Gasteiger partial charge >= 0.3 is 0 Å². The molecule has 2 aromatic carbocycles. The molecule has 0 spiro atoms. The highest BCUT2D eigenvalue weighted by molar-refractivity contribution is 5.73. The SMILES string of the molecule is CC(=O)N[C@@H](C)c1ccc(CN2Cc3ccc(OCC4CC4)cc3[C@H](F)C2)cc1. The molecule has 154 valence electrons. The van der Waals surface area contributed by atoms with E-state index in [0.29, 0.717) is 19.0 Å². The molecule has 29 heavy (non-hydrogen) atoms. The number of halogens is 1. The maximum absolute atomic E-state index is 14.9. The first-order valence-corrected chi connectivity index (χ1v) is 10.5. The van der Waals surface area contributed by atoms with Gasteiger partial charge in [0.25, 0.3) is 0 Å². The van der Waals surface area contributed by atoms with E-state index in [4.69, 9.17) is 4.74 Å². The van der Waals surface area contributed by atoms with E-state index < -0.39 is 6.17 Å². The molecule has 0 radical (unpaired) electrons. The van der Waals surface area contributed by atoms with Crippen LogP contribution in [0.1, 0.15) is 61.2 Å². The largest absolute Gasteiger partial charge is 0.493 e. The van der Waals surface area contributed by atoms with Gasteiger partial charge in [0.15, 0.2) is 0 Å². The Morgan fingerprint density at radius 3 is 2.69 bits per heavy atom. The van der Waals surface area contributed by atoms with Crippen LogP contribution in [0.2, 0.25) is 0 Å². The van der Waals surface area contributed by atoms with Crippen LogP contribution in [0.5, 0.6) is 5.75 Å². The summed E-state index contributed by atoms with van der Waals surface area (Å²) in [7, 11) is 0. The highest BCUT2D eigenvalue weighted by Crippen LogP contribution is 2.34. The van der Waals surface area contributed by atoms with E-state index in [1.165, 1.54) is 19.8 Å². The summed E-state index contributed by atoms with van der Waals surface area (Å²) in [4.78, 5) is 13.4. The normalized spacial score (nSPS) is 20.0. The third kappa shape index (κ3) is 5.15. The first kappa shape index (κ1) is 19.9. The van der Waals surface area contributed by atoms with Crippen LogP contribution in [0, 0.1) is 5.92 Å². The molecule has 1 N–H and O–H groups in total. The minimum absolute atomic E-state index is 0.0186. The summed E-state index contributed by atoms with van der Waals surface area (Å²) in [6.07, 6.45) is 1.50. The fourth-order valence-electron chi connectivity index (χ4n) is 3.91. The first-order valence-electron chi connectivity index (χ1n) is 10.5. The Bertz CT molecular complexity index is 864. The van der Waals surface area contributed by atoms with Gasteiger partial charge in [-0.25, -0.2) is 4.39 Å². The zero-order chi connectivity index (χ0) is 20.4. The Balaban J connectivity index is 1.37. The van der Waals surface area contributed by atoms with Crippen molar-refractivity contribution in [2.24, 2.45) is 5.92 Å². The van der Waals surface area contributed by atoms with Gasteiger partial charge < -0.3 is 10.1 Å². The lowest BCUT2D eigenvalue weighted by Crippen LogP contribution is -2.31. The molecule has 0 unspecified atom stereocenters. The van der Waals surface area contributed by atoms with E-state index in [1.807, 2.05) is 37.3 Å². The van der Waals surface area contributed by atoms with Crippen molar-refractivity contribution < 1.29 is 13.9 Å². The predicted molar refractivity (Wildman–Crippen MR) is 111 cm³/mol. The van der Waals surface area contributed by atoms with E-state index in [9.17, 15) is 9.18 Å². The number of ether oxygens (including phenoxy) is 1. The molecule has 0 bridgehead atoms. The molecule has 1 amide bonds. The minimum Gasteiger partial charge on any atom is -0.493 e. The molecule has 0 aromatic heterocycles. The summed E-state index contributed by atoms with van der Waals surface area (Å²) < 4.78 is 20.7. The molecule has 4 rings (SSSR count). The van der Waals surface area contributed by atoms with Crippen LogP contribution in [0.4, 0.5) is 4.39 Å². The average molecular weight is 397 g/mol. The van der Waals surface area contributed by atoms with Crippen molar-refractivity contribution in [3.05, 3.63) is 64.7 Å². The number of rotatable bonds is 7.